The number of carbonyl (C=O) groups excluding carboxylic acids is 3. The summed E-state index contributed by atoms with van der Waals surface area (Å²) in [5.41, 5.74) is 5.56. The number of hydrogen-bond donors (Lipinski definition) is 3. The van der Waals surface area contributed by atoms with Crippen molar-refractivity contribution in [3.63, 3.8) is 0 Å². The molecule has 1 saturated heterocycles. The molecule has 3 N–H and O–H groups in total. The standard InChI is InChI=1S/C23H23N7O4/c1-13-11-29(12-26-21(32)22-25-6-7-34-22)23(33)19-9-18(28-30(13)19)16-5-2-14(10-24)8-17(16)27-20(31)15-3-4-15/h2,5-9,13,15,18,28H,3-4,11-12H2,1H3,(H,26,32)(H,27,31). The van der Waals surface area contributed by atoms with Crippen LogP contribution in [-0.4, -0.2) is 51.9 Å². The molecule has 1 aromatic carbocycles. The largest absolute Gasteiger partial charge is 0.441 e. The fraction of sp³-hybridized carbons (Fsp3) is 0.348. The predicted octanol–water partition coefficient (Wildman–Crippen LogP) is 1.26. The molecular weight excluding hydrogens is 438 g/mol. The van der Waals surface area contributed by atoms with Crippen molar-refractivity contribution in [1.82, 2.24) is 25.6 Å². The van der Waals surface area contributed by atoms with Crippen LogP contribution in [0.1, 0.15) is 47.6 Å². The molecule has 1 aromatic heterocycles. The first-order valence-corrected chi connectivity index (χ1v) is 11.0. The maximum absolute atomic E-state index is 13.2. The molecule has 3 aliphatic rings. The average Bonchev–Trinajstić information content (AvgIpc) is 3.35. The van der Waals surface area contributed by atoms with E-state index in [2.05, 4.69) is 27.1 Å². The lowest BCUT2D eigenvalue weighted by Crippen LogP contribution is -2.57. The van der Waals surface area contributed by atoms with E-state index in [1.165, 1.54) is 12.5 Å². The van der Waals surface area contributed by atoms with Crippen molar-refractivity contribution in [3.8, 4) is 6.07 Å². The molecule has 3 amide bonds. The van der Waals surface area contributed by atoms with Crippen molar-refractivity contribution in [3.05, 3.63) is 59.4 Å². The fourth-order valence-electron chi connectivity index (χ4n) is 4.14. The lowest BCUT2D eigenvalue weighted by atomic mass is 10.0. The highest BCUT2D eigenvalue weighted by molar-refractivity contribution is 5.96. The summed E-state index contributed by atoms with van der Waals surface area (Å²) in [7, 11) is 0. The molecular formula is C23H23N7O4. The van der Waals surface area contributed by atoms with Gasteiger partial charge in [-0.25, -0.2) is 10.4 Å². The number of piperazine rings is 1. The molecule has 174 valence electrons. The predicted molar refractivity (Wildman–Crippen MR) is 118 cm³/mol. The lowest BCUT2D eigenvalue weighted by molar-refractivity contribution is -0.134. The second-order valence-corrected chi connectivity index (χ2v) is 8.58. The van der Waals surface area contributed by atoms with Gasteiger partial charge in [0.25, 0.3) is 11.8 Å². The monoisotopic (exact) mass is 461 g/mol. The molecule has 34 heavy (non-hydrogen) atoms. The molecule has 2 unspecified atom stereocenters. The minimum Gasteiger partial charge on any atom is -0.441 e. The Morgan fingerprint density at radius 3 is 2.88 bits per heavy atom. The molecule has 1 aliphatic carbocycles. The minimum absolute atomic E-state index is 0.0137. The van der Waals surface area contributed by atoms with Crippen molar-refractivity contribution in [1.29, 1.82) is 5.26 Å². The zero-order valence-electron chi connectivity index (χ0n) is 18.4. The number of fused-ring (bicyclic) bond motifs is 1. The number of anilines is 1. The summed E-state index contributed by atoms with van der Waals surface area (Å²) >= 11 is 0. The van der Waals surface area contributed by atoms with E-state index in [1.54, 1.807) is 29.2 Å². The van der Waals surface area contributed by atoms with Crippen LogP contribution < -0.4 is 16.1 Å². The summed E-state index contributed by atoms with van der Waals surface area (Å²) in [6.45, 7) is 2.37. The number of hydrogen-bond acceptors (Lipinski definition) is 8. The summed E-state index contributed by atoms with van der Waals surface area (Å²) in [5, 5.41) is 16.7. The first-order valence-electron chi connectivity index (χ1n) is 11.0. The van der Waals surface area contributed by atoms with E-state index in [0.29, 0.717) is 23.5 Å². The fourth-order valence-corrected chi connectivity index (χ4v) is 4.14. The molecule has 0 bridgehead atoms. The van der Waals surface area contributed by atoms with Gasteiger partial charge in [0, 0.05) is 18.2 Å². The average molecular weight is 461 g/mol. The van der Waals surface area contributed by atoms with Gasteiger partial charge in [-0.3, -0.25) is 19.4 Å². The highest BCUT2D eigenvalue weighted by Crippen LogP contribution is 2.35. The van der Waals surface area contributed by atoms with E-state index in [4.69, 9.17) is 4.42 Å². The molecule has 2 aliphatic heterocycles. The van der Waals surface area contributed by atoms with Crippen molar-refractivity contribution in [2.45, 2.75) is 31.8 Å². The first kappa shape index (κ1) is 21.7. The molecule has 5 rings (SSSR count). The minimum atomic E-state index is -0.502. The number of carbonyl (C=O) groups is 3. The topological polar surface area (TPSA) is 144 Å². The molecule has 1 saturated carbocycles. The van der Waals surface area contributed by atoms with Crippen LogP contribution in [0.5, 0.6) is 0 Å². The SMILES string of the molecule is CC1CN(CNC(=O)c2ncco2)C(=O)C2=CC(c3ccc(C#N)cc3NC(=O)C3CC3)NN21. The van der Waals surface area contributed by atoms with Crippen molar-refractivity contribution in [2.24, 2.45) is 5.92 Å². The van der Waals surface area contributed by atoms with Crippen LogP contribution in [0.25, 0.3) is 0 Å². The molecule has 0 spiro atoms. The third-order valence-corrected chi connectivity index (χ3v) is 6.07. The zero-order valence-corrected chi connectivity index (χ0v) is 18.4. The van der Waals surface area contributed by atoms with Crippen LogP contribution >= 0.6 is 0 Å². The maximum atomic E-state index is 13.2. The summed E-state index contributed by atoms with van der Waals surface area (Å²) < 4.78 is 4.98. The van der Waals surface area contributed by atoms with Crippen LogP contribution in [0.4, 0.5) is 5.69 Å². The smallest absolute Gasteiger partial charge is 0.308 e. The number of amides is 3. The Bertz CT molecular complexity index is 1210. The van der Waals surface area contributed by atoms with Gasteiger partial charge in [-0.2, -0.15) is 5.26 Å². The van der Waals surface area contributed by atoms with E-state index < -0.39 is 5.91 Å². The lowest BCUT2D eigenvalue weighted by Gasteiger charge is -2.39. The van der Waals surface area contributed by atoms with Gasteiger partial charge in [0.15, 0.2) is 0 Å². The molecule has 11 heteroatoms. The maximum Gasteiger partial charge on any atom is 0.308 e. The zero-order chi connectivity index (χ0) is 23.8. The van der Waals surface area contributed by atoms with Gasteiger partial charge in [0.1, 0.15) is 12.0 Å². The third kappa shape index (κ3) is 4.11. The molecule has 3 heterocycles. The van der Waals surface area contributed by atoms with Crippen molar-refractivity contribution < 1.29 is 18.8 Å². The van der Waals surface area contributed by atoms with E-state index in [1.807, 2.05) is 11.9 Å². The Morgan fingerprint density at radius 1 is 1.35 bits per heavy atom. The first-order chi connectivity index (χ1) is 16.4. The van der Waals surface area contributed by atoms with Crippen LogP contribution in [0.15, 0.2) is 46.8 Å². The normalized spacial score (nSPS) is 21.5. The van der Waals surface area contributed by atoms with E-state index in [-0.39, 0.29) is 42.4 Å². The van der Waals surface area contributed by atoms with Gasteiger partial charge in [-0.15, -0.1) is 0 Å². The van der Waals surface area contributed by atoms with Gasteiger partial charge in [0.2, 0.25) is 5.91 Å². The highest BCUT2D eigenvalue weighted by atomic mass is 16.3. The Kier molecular flexibility index (Phi) is 5.51. The Balaban J connectivity index is 1.35. The number of oxazole rings is 1. The summed E-state index contributed by atoms with van der Waals surface area (Å²) in [6.07, 6.45) is 6.22. The molecule has 2 atom stereocenters. The molecule has 11 nitrogen and oxygen atoms in total. The number of nitrogens with one attached hydrogen (secondary N) is 3. The Hall–Kier alpha value is -4.17. The van der Waals surface area contributed by atoms with Gasteiger partial charge in [-0.05, 0) is 43.5 Å². The highest BCUT2D eigenvalue weighted by Gasteiger charge is 2.40. The van der Waals surface area contributed by atoms with Gasteiger partial charge in [-0.1, -0.05) is 6.07 Å². The number of nitriles is 1. The Labute approximate surface area is 195 Å². The van der Waals surface area contributed by atoms with Gasteiger partial charge >= 0.3 is 5.91 Å². The number of rotatable bonds is 6. The number of nitrogens with zero attached hydrogens (tertiary/aromatic N) is 4. The molecule has 0 radical (unpaired) electrons. The summed E-state index contributed by atoms with van der Waals surface area (Å²) in [5.74, 6) is -0.850. The van der Waals surface area contributed by atoms with Crippen LogP contribution in [0.3, 0.4) is 0 Å². The summed E-state index contributed by atoms with van der Waals surface area (Å²) in [6, 6.07) is 6.79. The number of benzene rings is 1. The second-order valence-electron chi connectivity index (χ2n) is 8.58. The van der Waals surface area contributed by atoms with Gasteiger partial charge in [0.05, 0.1) is 36.6 Å². The number of hydrazine groups is 1. The van der Waals surface area contributed by atoms with E-state index in [0.717, 1.165) is 18.4 Å². The van der Waals surface area contributed by atoms with Crippen LogP contribution in [0.2, 0.25) is 0 Å². The van der Waals surface area contributed by atoms with E-state index in [9.17, 15) is 19.6 Å². The quantitative estimate of drug-likeness (QED) is 0.583. The summed E-state index contributed by atoms with van der Waals surface area (Å²) in [4.78, 5) is 43.1. The third-order valence-electron chi connectivity index (χ3n) is 6.07. The molecule has 2 fully saturated rings. The van der Waals surface area contributed by atoms with Crippen molar-refractivity contribution in [2.75, 3.05) is 18.5 Å². The van der Waals surface area contributed by atoms with Crippen molar-refractivity contribution >= 4 is 23.4 Å². The van der Waals surface area contributed by atoms with Crippen LogP contribution in [0, 0.1) is 17.2 Å². The van der Waals surface area contributed by atoms with Gasteiger partial charge < -0.3 is 20.0 Å². The Morgan fingerprint density at radius 2 is 2.18 bits per heavy atom. The molecule has 2 aromatic rings. The number of aromatic nitrogens is 1. The second kappa shape index (κ2) is 8.64. The van der Waals surface area contributed by atoms with Crippen LogP contribution in [-0.2, 0) is 9.59 Å². The van der Waals surface area contributed by atoms with E-state index >= 15 is 0 Å².